The summed E-state index contributed by atoms with van der Waals surface area (Å²) >= 11 is 0. The van der Waals surface area contributed by atoms with Gasteiger partial charge in [0.15, 0.2) is 5.65 Å². The molecule has 0 radical (unpaired) electrons. The molecule has 0 atom stereocenters. The second kappa shape index (κ2) is 6.77. The number of hydrogen-bond donors (Lipinski definition) is 0. The van der Waals surface area contributed by atoms with E-state index in [0.29, 0.717) is 0 Å². The molecule has 148 valence electrons. The second-order valence-corrected chi connectivity index (χ2v) is 8.19. The normalized spacial score (nSPS) is 16.2. The highest BCUT2D eigenvalue weighted by molar-refractivity contribution is 5.86. The van der Waals surface area contributed by atoms with Gasteiger partial charge in [0, 0.05) is 31.9 Å². The van der Waals surface area contributed by atoms with Crippen molar-refractivity contribution in [2.45, 2.75) is 19.3 Å². The maximum absolute atomic E-state index is 9.96. The molecule has 0 amide bonds. The minimum atomic E-state index is 0.769. The van der Waals surface area contributed by atoms with E-state index < -0.39 is 0 Å². The second-order valence-electron chi connectivity index (χ2n) is 8.19. The van der Waals surface area contributed by atoms with E-state index >= 15 is 0 Å². The van der Waals surface area contributed by atoms with Crippen LogP contribution in [0.4, 0.5) is 11.5 Å². The van der Waals surface area contributed by atoms with Crippen molar-refractivity contribution in [2.24, 2.45) is 0 Å². The Morgan fingerprint density at radius 1 is 0.800 bits per heavy atom. The standard InChI is InChI=1S/C25H23N5/c26-17-21-19-9-6-10-20(19)25(30-23-12-5-4-11-22(23)27-24(21)30)29-15-13-28(14-16-29)18-7-2-1-3-8-18/h1-5,7-8,11-12H,6,9-10,13-16H2. The molecule has 0 unspecified atom stereocenters. The molecule has 4 aromatic rings. The third-order valence-corrected chi connectivity index (χ3v) is 6.60. The molecule has 3 heterocycles. The maximum Gasteiger partial charge on any atom is 0.157 e. The summed E-state index contributed by atoms with van der Waals surface area (Å²) in [5, 5.41) is 9.96. The number of piperazine rings is 1. The number of benzene rings is 2. The lowest BCUT2D eigenvalue weighted by atomic mass is 10.0. The minimum Gasteiger partial charge on any atom is -0.368 e. The van der Waals surface area contributed by atoms with Crippen LogP contribution in [0.25, 0.3) is 16.7 Å². The van der Waals surface area contributed by atoms with Gasteiger partial charge in [-0.3, -0.25) is 4.40 Å². The molecule has 1 aliphatic carbocycles. The number of aromatic nitrogens is 2. The first-order valence-electron chi connectivity index (χ1n) is 10.7. The Bertz CT molecular complexity index is 1290. The topological polar surface area (TPSA) is 47.6 Å². The molecule has 2 aromatic carbocycles. The van der Waals surface area contributed by atoms with Crippen molar-refractivity contribution >= 4 is 28.2 Å². The van der Waals surface area contributed by atoms with Crippen molar-refractivity contribution in [3.63, 3.8) is 0 Å². The molecule has 2 aliphatic rings. The highest BCUT2D eigenvalue weighted by Gasteiger charge is 2.29. The Balaban J connectivity index is 1.49. The summed E-state index contributed by atoms with van der Waals surface area (Å²) in [6.45, 7) is 3.92. The lowest BCUT2D eigenvalue weighted by molar-refractivity contribution is 0.643. The van der Waals surface area contributed by atoms with Crippen molar-refractivity contribution in [3.05, 3.63) is 71.3 Å². The SMILES string of the molecule is N#Cc1c2c(c(N3CCN(c4ccccc4)CC3)n3c1nc1ccccc13)CCC2. The smallest absolute Gasteiger partial charge is 0.157 e. The lowest BCUT2D eigenvalue weighted by Crippen LogP contribution is -2.47. The molecular weight excluding hydrogens is 370 g/mol. The van der Waals surface area contributed by atoms with Gasteiger partial charge in [0.1, 0.15) is 11.9 Å². The van der Waals surface area contributed by atoms with Crippen molar-refractivity contribution in [1.82, 2.24) is 9.38 Å². The van der Waals surface area contributed by atoms with E-state index in [2.05, 4.69) is 62.7 Å². The van der Waals surface area contributed by atoms with E-state index in [0.717, 1.165) is 67.7 Å². The van der Waals surface area contributed by atoms with Gasteiger partial charge in [-0.2, -0.15) is 5.26 Å². The molecule has 1 aliphatic heterocycles. The van der Waals surface area contributed by atoms with Crippen LogP contribution in [0, 0.1) is 11.3 Å². The zero-order valence-corrected chi connectivity index (χ0v) is 16.9. The van der Waals surface area contributed by atoms with Gasteiger partial charge < -0.3 is 9.80 Å². The van der Waals surface area contributed by atoms with Crippen LogP contribution >= 0.6 is 0 Å². The summed E-state index contributed by atoms with van der Waals surface area (Å²) < 4.78 is 2.26. The van der Waals surface area contributed by atoms with Crippen molar-refractivity contribution in [2.75, 3.05) is 36.0 Å². The number of nitriles is 1. The fourth-order valence-electron chi connectivity index (χ4n) is 5.21. The predicted octanol–water partition coefficient (Wildman–Crippen LogP) is 4.17. The molecule has 30 heavy (non-hydrogen) atoms. The van der Waals surface area contributed by atoms with Crippen LogP contribution in [0.1, 0.15) is 23.1 Å². The van der Waals surface area contributed by atoms with E-state index in [1.165, 1.54) is 22.6 Å². The molecule has 5 heteroatoms. The number of fused-ring (bicyclic) bond motifs is 4. The van der Waals surface area contributed by atoms with Gasteiger partial charge in [0.2, 0.25) is 0 Å². The van der Waals surface area contributed by atoms with E-state index in [4.69, 9.17) is 4.98 Å². The molecule has 1 fully saturated rings. The molecule has 1 saturated heterocycles. The average molecular weight is 393 g/mol. The first kappa shape index (κ1) is 17.3. The van der Waals surface area contributed by atoms with Gasteiger partial charge in [-0.05, 0) is 54.7 Å². The Labute approximate surface area is 175 Å². The Kier molecular flexibility index (Phi) is 3.92. The van der Waals surface area contributed by atoms with E-state index in [9.17, 15) is 5.26 Å². The number of imidazole rings is 1. The molecular formula is C25H23N5. The highest BCUT2D eigenvalue weighted by Crippen LogP contribution is 2.38. The number of pyridine rings is 1. The van der Waals surface area contributed by atoms with Crippen molar-refractivity contribution < 1.29 is 0 Å². The van der Waals surface area contributed by atoms with Crippen LogP contribution < -0.4 is 9.80 Å². The summed E-state index contributed by atoms with van der Waals surface area (Å²) in [4.78, 5) is 9.87. The van der Waals surface area contributed by atoms with Crippen LogP contribution in [0.3, 0.4) is 0 Å². The largest absolute Gasteiger partial charge is 0.368 e. The van der Waals surface area contributed by atoms with Crippen LogP contribution in [-0.2, 0) is 12.8 Å². The van der Waals surface area contributed by atoms with Gasteiger partial charge in [0.05, 0.1) is 16.6 Å². The predicted molar refractivity (Wildman–Crippen MR) is 120 cm³/mol. The zero-order valence-electron chi connectivity index (χ0n) is 16.9. The first-order valence-corrected chi connectivity index (χ1v) is 10.7. The third kappa shape index (κ3) is 2.50. The minimum absolute atomic E-state index is 0.769. The first-order chi connectivity index (χ1) is 14.8. The molecule has 2 aromatic heterocycles. The molecule has 6 rings (SSSR count). The molecule has 0 saturated carbocycles. The number of rotatable bonds is 2. The summed E-state index contributed by atoms with van der Waals surface area (Å²) in [5.74, 6) is 1.26. The van der Waals surface area contributed by atoms with E-state index in [1.807, 2.05) is 12.1 Å². The van der Waals surface area contributed by atoms with Gasteiger partial charge in [-0.15, -0.1) is 0 Å². The van der Waals surface area contributed by atoms with Crippen LogP contribution in [-0.4, -0.2) is 35.6 Å². The van der Waals surface area contributed by atoms with Gasteiger partial charge in [-0.25, -0.2) is 4.98 Å². The molecule has 5 nitrogen and oxygen atoms in total. The molecule has 0 bridgehead atoms. The summed E-state index contributed by atoms with van der Waals surface area (Å²) in [7, 11) is 0. The zero-order chi connectivity index (χ0) is 20.1. The Morgan fingerprint density at radius 3 is 2.30 bits per heavy atom. The summed E-state index contributed by atoms with van der Waals surface area (Å²) in [6.07, 6.45) is 3.14. The Morgan fingerprint density at radius 2 is 1.50 bits per heavy atom. The number of para-hydroxylation sites is 3. The third-order valence-electron chi connectivity index (χ3n) is 6.60. The van der Waals surface area contributed by atoms with Crippen molar-refractivity contribution in [1.29, 1.82) is 5.26 Å². The number of hydrogen-bond acceptors (Lipinski definition) is 4. The molecule has 0 spiro atoms. The van der Waals surface area contributed by atoms with Crippen LogP contribution in [0.2, 0.25) is 0 Å². The number of anilines is 2. The Hall–Kier alpha value is -3.52. The fourth-order valence-corrected chi connectivity index (χ4v) is 5.21. The quantitative estimate of drug-likeness (QED) is 0.513. The monoisotopic (exact) mass is 393 g/mol. The summed E-state index contributed by atoms with van der Waals surface area (Å²) in [5.41, 5.74) is 7.52. The van der Waals surface area contributed by atoms with E-state index in [1.54, 1.807) is 0 Å². The maximum atomic E-state index is 9.96. The van der Waals surface area contributed by atoms with Crippen LogP contribution in [0.15, 0.2) is 54.6 Å². The van der Waals surface area contributed by atoms with Gasteiger partial charge in [0.25, 0.3) is 0 Å². The van der Waals surface area contributed by atoms with Gasteiger partial charge in [-0.1, -0.05) is 30.3 Å². The highest BCUT2D eigenvalue weighted by atomic mass is 15.3. The lowest BCUT2D eigenvalue weighted by Gasteiger charge is -2.38. The fraction of sp³-hybridized carbons (Fsp3) is 0.280. The van der Waals surface area contributed by atoms with E-state index in [-0.39, 0.29) is 0 Å². The van der Waals surface area contributed by atoms with Crippen LogP contribution in [0.5, 0.6) is 0 Å². The molecule has 0 N–H and O–H groups in total. The van der Waals surface area contributed by atoms with Gasteiger partial charge >= 0.3 is 0 Å². The summed E-state index contributed by atoms with van der Waals surface area (Å²) in [6, 6.07) is 21.4. The number of nitrogens with zero attached hydrogens (tertiary/aromatic N) is 5. The van der Waals surface area contributed by atoms with Crippen molar-refractivity contribution in [3.8, 4) is 6.07 Å². The average Bonchev–Trinajstić information content (AvgIpc) is 3.43.